The highest BCUT2D eigenvalue weighted by molar-refractivity contribution is 5.51. The number of pyridine rings is 1. The molecule has 2 aromatic heterocycles. The van der Waals surface area contributed by atoms with Gasteiger partial charge in [-0.25, -0.2) is 4.68 Å². The number of rotatable bonds is 4. The van der Waals surface area contributed by atoms with Gasteiger partial charge in [0.25, 0.3) is 0 Å². The molecule has 1 fully saturated rings. The quantitative estimate of drug-likeness (QED) is 0.565. The van der Waals surface area contributed by atoms with E-state index >= 15 is 0 Å². The summed E-state index contributed by atoms with van der Waals surface area (Å²) in [6.07, 6.45) is -0.530. The molecule has 1 aliphatic rings. The molecule has 0 radical (unpaired) electrons. The molecule has 1 aliphatic heterocycles. The highest BCUT2D eigenvalue weighted by Gasteiger charge is 2.44. The molecule has 0 spiro atoms. The van der Waals surface area contributed by atoms with E-state index in [1.165, 1.54) is 4.68 Å². The molecule has 2 aromatic rings. The maximum absolute atomic E-state index is 10.9. The Hall–Kier alpha value is -2.43. The van der Waals surface area contributed by atoms with Crippen LogP contribution < -0.4 is 0 Å². The molecule has 4 atom stereocenters. The van der Waals surface area contributed by atoms with E-state index in [0.717, 1.165) is 0 Å². The van der Waals surface area contributed by atoms with Crippen molar-refractivity contribution in [2.24, 2.45) is 0 Å². The van der Waals surface area contributed by atoms with Crippen LogP contribution in [-0.4, -0.2) is 59.7 Å². The summed E-state index contributed by atoms with van der Waals surface area (Å²) < 4.78 is 6.66. The second-order valence-electron chi connectivity index (χ2n) is 5.27. The molecule has 3 rings (SSSR count). The fourth-order valence-electron chi connectivity index (χ4n) is 2.49. The maximum atomic E-state index is 10.9. The molecule has 122 valence electrons. The Bertz CT molecular complexity index is 678. The first kappa shape index (κ1) is 15.5. The van der Waals surface area contributed by atoms with Crippen LogP contribution in [0, 0.1) is 10.1 Å². The highest BCUT2D eigenvalue weighted by atomic mass is 16.6. The van der Waals surface area contributed by atoms with Crippen LogP contribution in [0.15, 0.2) is 30.6 Å². The van der Waals surface area contributed by atoms with E-state index in [-0.39, 0.29) is 13.0 Å². The monoisotopic (exact) mass is 321 g/mol. The molecule has 2 unspecified atom stereocenters. The van der Waals surface area contributed by atoms with E-state index < -0.39 is 29.5 Å². The van der Waals surface area contributed by atoms with Gasteiger partial charge >= 0.3 is 0 Å². The summed E-state index contributed by atoms with van der Waals surface area (Å²) in [7, 11) is 0. The Morgan fingerprint density at radius 1 is 1.39 bits per heavy atom. The van der Waals surface area contributed by atoms with Crippen LogP contribution >= 0.6 is 0 Å². The number of hydrogen-bond donors (Lipinski definition) is 2. The van der Waals surface area contributed by atoms with Crippen molar-refractivity contribution in [2.45, 2.75) is 37.5 Å². The summed E-state index contributed by atoms with van der Waals surface area (Å²) >= 11 is 0. The molecule has 3 heterocycles. The van der Waals surface area contributed by atoms with Crippen molar-refractivity contribution in [1.29, 1.82) is 0 Å². The van der Waals surface area contributed by atoms with Crippen molar-refractivity contribution in [3.63, 3.8) is 0 Å². The highest BCUT2D eigenvalue weighted by Crippen LogP contribution is 2.22. The number of aliphatic hydroxyl groups is 2. The number of hydrogen-bond acceptors (Lipinski definition) is 8. The average Bonchev–Trinajstić information content (AvgIpc) is 3.00. The lowest BCUT2D eigenvalue weighted by Gasteiger charge is -2.32. The van der Waals surface area contributed by atoms with Crippen LogP contribution in [0.4, 0.5) is 0 Å². The van der Waals surface area contributed by atoms with E-state index in [2.05, 4.69) is 15.3 Å². The second kappa shape index (κ2) is 6.36. The first-order valence-corrected chi connectivity index (χ1v) is 7.01. The molecule has 0 aromatic carbocycles. The molecule has 1 saturated heterocycles. The minimum Gasteiger partial charge on any atom is -0.381 e. The second-order valence-corrected chi connectivity index (χ2v) is 5.27. The standard InChI is InChI=1S/C13H15N5O5/c19-12-11(18(21)22)5-8(23-13(12)20)6-17-7-10(15-16-17)9-3-1-2-4-14-9/h1-4,7-8,11-13,19-20H,5-6H2/t8-,11?,12?,13+/m0/s1. The lowest BCUT2D eigenvalue weighted by molar-refractivity contribution is -0.551. The summed E-state index contributed by atoms with van der Waals surface area (Å²) in [6, 6.07) is 4.12. The van der Waals surface area contributed by atoms with Crippen LogP contribution in [-0.2, 0) is 11.3 Å². The van der Waals surface area contributed by atoms with Gasteiger partial charge in [0.2, 0.25) is 6.04 Å². The zero-order valence-electron chi connectivity index (χ0n) is 12.0. The Morgan fingerprint density at radius 3 is 2.91 bits per heavy atom. The van der Waals surface area contributed by atoms with Crippen LogP contribution in [0.2, 0.25) is 0 Å². The van der Waals surface area contributed by atoms with Gasteiger partial charge in [-0.05, 0) is 12.1 Å². The molecule has 0 amide bonds. The Morgan fingerprint density at radius 2 is 2.22 bits per heavy atom. The predicted molar refractivity (Wildman–Crippen MR) is 75.5 cm³/mol. The largest absolute Gasteiger partial charge is 0.381 e. The van der Waals surface area contributed by atoms with Gasteiger partial charge in [0.15, 0.2) is 12.4 Å². The Labute approximate surface area is 130 Å². The van der Waals surface area contributed by atoms with E-state index in [1.54, 1.807) is 24.5 Å². The van der Waals surface area contributed by atoms with Crippen molar-refractivity contribution in [3.05, 3.63) is 40.7 Å². The van der Waals surface area contributed by atoms with Gasteiger partial charge in [0, 0.05) is 17.5 Å². The summed E-state index contributed by atoms with van der Waals surface area (Å²) in [5, 5.41) is 38.0. The number of aliphatic hydroxyl groups excluding tert-OH is 2. The van der Waals surface area contributed by atoms with E-state index in [1.807, 2.05) is 6.07 Å². The number of nitro groups is 1. The van der Waals surface area contributed by atoms with E-state index in [9.17, 15) is 20.3 Å². The summed E-state index contributed by atoms with van der Waals surface area (Å²) in [5.74, 6) is 0. The lowest BCUT2D eigenvalue weighted by atomic mass is 10.0. The fraction of sp³-hybridized carbons (Fsp3) is 0.462. The van der Waals surface area contributed by atoms with E-state index in [4.69, 9.17) is 4.74 Å². The molecule has 0 bridgehead atoms. The van der Waals surface area contributed by atoms with Crippen molar-refractivity contribution in [2.75, 3.05) is 0 Å². The van der Waals surface area contributed by atoms with Crippen LogP contribution in [0.3, 0.4) is 0 Å². The first-order valence-electron chi connectivity index (χ1n) is 7.01. The van der Waals surface area contributed by atoms with Gasteiger partial charge < -0.3 is 14.9 Å². The minimum atomic E-state index is -1.59. The third kappa shape index (κ3) is 3.33. The van der Waals surface area contributed by atoms with Gasteiger partial charge in [-0.1, -0.05) is 11.3 Å². The summed E-state index contributed by atoms with van der Waals surface area (Å²) in [6.45, 7) is 0.175. The number of ether oxygens (including phenoxy) is 1. The normalized spacial score (nSPS) is 27.7. The fourth-order valence-corrected chi connectivity index (χ4v) is 2.49. The Balaban J connectivity index is 1.70. The molecular weight excluding hydrogens is 306 g/mol. The molecule has 10 nitrogen and oxygen atoms in total. The molecule has 10 heteroatoms. The Kier molecular flexibility index (Phi) is 4.28. The molecular formula is C13H15N5O5. The third-order valence-corrected chi connectivity index (χ3v) is 3.65. The van der Waals surface area contributed by atoms with Crippen LogP contribution in [0.25, 0.3) is 11.4 Å². The lowest BCUT2D eigenvalue weighted by Crippen LogP contribution is -2.52. The molecule has 0 aliphatic carbocycles. The topological polar surface area (TPSA) is 136 Å². The van der Waals surface area contributed by atoms with Gasteiger partial charge in [-0.2, -0.15) is 0 Å². The van der Waals surface area contributed by atoms with Gasteiger partial charge in [0.1, 0.15) is 5.69 Å². The molecule has 0 saturated carbocycles. The number of aromatic nitrogens is 4. The minimum absolute atomic E-state index is 0.0238. The van der Waals surface area contributed by atoms with Crippen LogP contribution in [0.5, 0.6) is 0 Å². The van der Waals surface area contributed by atoms with Crippen molar-refractivity contribution in [1.82, 2.24) is 20.0 Å². The molecule has 2 N–H and O–H groups in total. The van der Waals surface area contributed by atoms with Crippen LogP contribution in [0.1, 0.15) is 6.42 Å². The predicted octanol–water partition coefficient (Wildman–Crippen LogP) is -0.546. The van der Waals surface area contributed by atoms with Crippen molar-refractivity contribution in [3.8, 4) is 11.4 Å². The number of nitrogens with zero attached hydrogens (tertiary/aromatic N) is 5. The van der Waals surface area contributed by atoms with E-state index in [0.29, 0.717) is 11.4 Å². The van der Waals surface area contributed by atoms with Crippen molar-refractivity contribution < 1.29 is 19.9 Å². The summed E-state index contributed by atoms with van der Waals surface area (Å²) in [4.78, 5) is 14.5. The zero-order chi connectivity index (χ0) is 16.4. The maximum Gasteiger partial charge on any atom is 0.246 e. The first-order chi connectivity index (χ1) is 11.0. The van der Waals surface area contributed by atoms with Gasteiger partial charge in [-0.3, -0.25) is 15.1 Å². The third-order valence-electron chi connectivity index (χ3n) is 3.65. The SMILES string of the molecule is O=[N+]([O-])C1C[C@@H](Cn2cc(-c3ccccn3)nn2)O[C@@H](O)C1O. The van der Waals surface area contributed by atoms with Crippen molar-refractivity contribution >= 4 is 0 Å². The zero-order valence-corrected chi connectivity index (χ0v) is 12.0. The average molecular weight is 321 g/mol. The smallest absolute Gasteiger partial charge is 0.246 e. The van der Waals surface area contributed by atoms with Gasteiger partial charge in [-0.15, -0.1) is 5.10 Å². The molecule has 23 heavy (non-hydrogen) atoms. The van der Waals surface area contributed by atoms with Gasteiger partial charge in [0.05, 0.1) is 24.5 Å². The summed E-state index contributed by atoms with van der Waals surface area (Å²) in [5.41, 5.74) is 1.22.